The fraction of sp³-hybridized carbons (Fsp3) is 0.286. The highest BCUT2D eigenvalue weighted by atomic mass is 35.5. The molecule has 26 heavy (non-hydrogen) atoms. The predicted octanol–water partition coefficient (Wildman–Crippen LogP) is 2.94. The monoisotopic (exact) mass is 366 g/mol. The van der Waals surface area contributed by atoms with Gasteiger partial charge in [0, 0.05) is 28.9 Å². The van der Waals surface area contributed by atoms with Crippen LogP contribution in [0.25, 0.3) is 10.9 Å². The van der Waals surface area contributed by atoms with Crippen molar-refractivity contribution in [2.75, 3.05) is 18.0 Å². The van der Waals surface area contributed by atoms with Gasteiger partial charge in [0.1, 0.15) is 0 Å². The highest BCUT2D eigenvalue weighted by molar-refractivity contribution is 6.31. The van der Waals surface area contributed by atoms with Crippen LogP contribution in [-0.2, 0) is 16.8 Å². The van der Waals surface area contributed by atoms with E-state index in [1.54, 1.807) is 0 Å². The average molecular weight is 367 g/mol. The predicted molar refractivity (Wildman–Crippen MR) is 104 cm³/mol. The molecule has 3 heterocycles. The molecule has 3 aromatic rings. The minimum atomic E-state index is -0.704. The molecule has 0 unspecified atom stereocenters. The SMILES string of the molecule is CCCN1C(=O)[C@@]2([NH2+]CCc3c2[nH]c2ccc(Cl)cc32)c2ccccc21. The summed E-state index contributed by atoms with van der Waals surface area (Å²) in [6, 6.07) is 14.1. The van der Waals surface area contributed by atoms with Crippen LogP contribution in [0, 0.1) is 0 Å². The number of carbonyl (C=O) groups excluding carboxylic acids is 1. The number of quaternary nitrogens is 1. The van der Waals surface area contributed by atoms with Gasteiger partial charge >= 0.3 is 0 Å². The molecule has 5 rings (SSSR count). The van der Waals surface area contributed by atoms with E-state index in [4.69, 9.17) is 11.6 Å². The number of nitrogens with one attached hydrogen (secondary N) is 1. The molecule has 2 aromatic carbocycles. The largest absolute Gasteiger partial charge is 0.352 e. The first kappa shape index (κ1) is 15.9. The maximum atomic E-state index is 13.7. The molecule has 3 N–H and O–H groups in total. The van der Waals surface area contributed by atoms with E-state index in [0.29, 0.717) is 0 Å². The molecule has 0 saturated heterocycles. The molecule has 1 spiro atoms. The van der Waals surface area contributed by atoms with E-state index >= 15 is 0 Å². The third kappa shape index (κ3) is 1.91. The fourth-order valence-corrected chi connectivity index (χ4v) is 4.89. The number of para-hydroxylation sites is 1. The molecule has 2 aliphatic heterocycles. The van der Waals surface area contributed by atoms with Crippen LogP contribution in [-0.4, -0.2) is 24.0 Å². The summed E-state index contributed by atoms with van der Waals surface area (Å²) in [5, 5.41) is 4.08. The number of aromatic nitrogens is 1. The number of amides is 1. The van der Waals surface area contributed by atoms with Crippen LogP contribution in [0.2, 0.25) is 5.02 Å². The summed E-state index contributed by atoms with van der Waals surface area (Å²) < 4.78 is 0. The number of hydrogen-bond acceptors (Lipinski definition) is 1. The van der Waals surface area contributed by atoms with Crippen LogP contribution in [0.4, 0.5) is 5.69 Å². The molecule has 132 valence electrons. The Bertz CT molecular complexity index is 1040. The number of fused-ring (bicyclic) bond motifs is 6. The number of halogens is 1. The lowest BCUT2D eigenvalue weighted by Crippen LogP contribution is -2.99. The van der Waals surface area contributed by atoms with Crippen molar-refractivity contribution < 1.29 is 10.1 Å². The van der Waals surface area contributed by atoms with Gasteiger partial charge in [0.15, 0.2) is 0 Å². The van der Waals surface area contributed by atoms with E-state index in [0.717, 1.165) is 58.8 Å². The summed E-state index contributed by atoms with van der Waals surface area (Å²) in [5.41, 5.74) is 4.74. The normalized spacial score (nSPS) is 21.5. The summed E-state index contributed by atoms with van der Waals surface area (Å²) in [7, 11) is 0. The molecule has 2 aliphatic rings. The maximum absolute atomic E-state index is 13.7. The van der Waals surface area contributed by atoms with E-state index in [9.17, 15) is 4.79 Å². The van der Waals surface area contributed by atoms with Crippen molar-refractivity contribution in [3.05, 3.63) is 64.3 Å². The minimum absolute atomic E-state index is 0.166. The Balaban J connectivity index is 1.81. The Labute approximate surface area is 157 Å². The van der Waals surface area contributed by atoms with Crippen molar-refractivity contribution >= 4 is 34.1 Å². The Kier molecular flexibility index (Phi) is 3.43. The summed E-state index contributed by atoms with van der Waals surface area (Å²) in [5.74, 6) is 0.166. The van der Waals surface area contributed by atoms with Gasteiger partial charge in [-0.05, 0) is 42.3 Å². The van der Waals surface area contributed by atoms with Gasteiger partial charge in [0.2, 0.25) is 5.54 Å². The van der Waals surface area contributed by atoms with Crippen molar-refractivity contribution in [3.8, 4) is 0 Å². The lowest BCUT2D eigenvalue weighted by atomic mass is 9.82. The molecular weight excluding hydrogens is 346 g/mol. The number of nitrogens with two attached hydrogens (primary N) is 1. The number of anilines is 1. The smallest absolute Gasteiger partial charge is 0.299 e. The van der Waals surface area contributed by atoms with Crippen molar-refractivity contribution in [2.45, 2.75) is 25.3 Å². The van der Waals surface area contributed by atoms with Crippen LogP contribution in [0.15, 0.2) is 42.5 Å². The molecule has 0 fully saturated rings. The van der Waals surface area contributed by atoms with Gasteiger partial charge in [-0.2, -0.15) is 0 Å². The third-order valence-corrected chi connectivity index (χ3v) is 5.99. The molecule has 0 bridgehead atoms. The summed E-state index contributed by atoms with van der Waals surface area (Å²) >= 11 is 6.25. The Morgan fingerprint density at radius 1 is 1.27 bits per heavy atom. The van der Waals surface area contributed by atoms with E-state index in [2.05, 4.69) is 29.4 Å². The zero-order chi connectivity index (χ0) is 17.9. The van der Waals surface area contributed by atoms with Gasteiger partial charge in [-0.25, -0.2) is 0 Å². The van der Waals surface area contributed by atoms with Crippen molar-refractivity contribution in [2.24, 2.45) is 0 Å². The summed E-state index contributed by atoms with van der Waals surface area (Å²) in [6.07, 6.45) is 1.87. The second-order valence-corrected chi connectivity index (χ2v) is 7.63. The highest BCUT2D eigenvalue weighted by Gasteiger charge is 2.58. The van der Waals surface area contributed by atoms with Gasteiger partial charge in [0.05, 0.1) is 23.5 Å². The van der Waals surface area contributed by atoms with Crippen molar-refractivity contribution in [1.29, 1.82) is 0 Å². The Hall–Kier alpha value is -2.30. The van der Waals surface area contributed by atoms with Crippen molar-refractivity contribution in [3.63, 3.8) is 0 Å². The molecule has 0 saturated carbocycles. The first-order chi connectivity index (χ1) is 12.7. The standard InChI is InChI=1S/C21H20ClN3O/c1-2-11-25-18-6-4-3-5-16(18)21(20(25)26)19-14(9-10-23-21)15-12-13(22)7-8-17(15)24-19/h3-8,12,23-24H,2,9-11H2,1H3/p+1/t21-/m1/s1. The van der Waals surface area contributed by atoms with Gasteiger partial charge in [-0.1, -0.05) is 30.7 Å². The van der Waals surface area contributed by atoms with Crippen molar-refractivity contribution in [1.82, 2.24) is 4.98 Å². The molecule has 0 aliphatic carbocycles. The van der Waals surface area contributed by atoms with Gasteiger partial charge in [-0.15, -0.1) is 0 Å². The first-order valence-corrected chi connectivity index (χ1v) is 9.61. The van der Waals surface area contributed by atoms with Crippen LogP contribution >= 0.6 is 11.6 Å². The topological polar surface area (TPSA) is 52.7 Å². The van der Waals surface area contributed by atoms with E-state index in [1.165, 1.54) is 5.56 Å². The molecule has 1 aromatic heterocycles. The molecule has 5 heteroatoms. The minimum Gasteiger partial charge on any atom is -0.352 e. The van der Waals surface area contributed by atoms with E-state index in [1.807, 2.05) is 35.2 Å². The maximum Gasteiger partial charge on any atom is 0.299 e. The van der Waals surface area contributed by atoms with Crippen LogP contribution < -0.4 is 10.2 Å². The molecule has 0 radical (unpaired) electrons. The van der Waals surface area contributed by atoms with Gasteiger partial charge in [0.25, 0.3) is 5.91 Å². The number of carbonyl (C=O) groups is 1. The average Bonchev–Trinajstić information content (AvgIpc) is 3.13. The van der Waals surface area contributed by atoms with E-state index in [-0.39, 0.29) is 5.91 Å². The van der Waals surface area contributed by atoms with Crippen LogP contribution in [0.1, 0.15) is 30.2 Å². The molecule has 1 amide bonds. The zero-order valence-electron chi connectivity index (χ0n) is 14.7. The van der Waals surface area contributed by atoms with Crippen LogP contribution in [0.5, 0.6) is 0 Å². The van der Waals surface area contributed by atoms with Crippen LogP contribution in [0.3, 0.4) is 0 Å². The van der Waals surface area contributed by atoms with Gasteiger partial charge in [-0.3, -0.25) is 4.79 Å². The highest BCUT2D eigenvalue weighted by Crippen LogP contribution is 2.45. The second kappa shape index (κ2) is 5.60. The number of benzene rings is 2. The molecule has 1 atom stereocenters. The lowest BCUT2D eigenvalue weighted by Gasteiger charge is -2.30. The number of aromatic amines is 1. The molecule has 4 nitrogen and oxygen atoms in total. The number of hydrogen-bond donors (Lipinski definition) is 2. The number of H-pyrrole nitrogens is 1. The Morgan fingerprint density at radius 2 is 2.12 bits per heavy atom. The summed E-state index contributed by atoms with van der Waals surface area (Å²) in [4.78, 5) is 19.2. The first-order valence-electron chi connectivity index (χ1n) is 9.23. The Morgan fingerprint density at radius 3 is 2.96 bits per heavy atom. The second-order valence-electron chi connectivity index (χ2n) is 7.19. The quantitative estimate of drug-likeness (QED) is 0.719. The zero-order valence-corrected chi connectivity index (χ0v) is 15.4. The summed E-state index contributed by atoms with van der Waals surface area (Å²) in [6.45, 7) is 3.74. The fourth-order valence-electron chi connectivity index (χ4n) is 4.72. The molecular formula is C21H21ClN3O+. The van der Waals surface area contributed by atoms with E-state index < -0.39 is 5.54 Å². The lowest BCUT2D eigenvalue weighted by molar-refractivity contribution is -0.714. The third-order valence-electron chi connectivity index (χ3n) is 5.76. The van der Waals surface area contributed by atoms with Gasteiger partial charge < -0.3 is 15.2 Å². The number of rotatable bonds is 2. The number of nitrogens with zero attached hydrogens (tertiary/aromatic N) is 1.